The summed E-state index contributed by atoms with van der Waals surface area (Å²) in [5.74, 6) is -0.277. The molecule has 0 fully saturated rings. The van der Waals surface area contributed by atoms with Crippen molar-refractivity contribution in [2.24, 2.45) is 4.99 Å². The molecule has 0 aliphatic rings. The number of methoxy groups -OCH3 is 2. The van der Waals surface area contributed by atoms with Crippen LogP contribution in [0.25, 0.3) is 11.0 Å². The number of benzene rings is 2. The van der Waals surface area contributed by atoms with Crippen LogP contribution in [0, 0.1) is 12.7 Å². The molecule has 2 aromatic heterocycles. The number of aliphatic hydroxyl groups is 1. The molecule has 34 heavy (non-hydrogen) atoms. The minimum absolute atomic E-state index is 0.00537. The number of halogens is 1. The van der Waals surface area contributed by atoms with Crippen molar-refractivity contribution in [3.63, 3.8) is 0 Å². The van der Waals surface area contributed by atoms with Crippen molar-refractivity contribution in [3.8, 4) is 11.5 Å². The number of aryl methyl sites for hydroxylation is 1. The van der Waals surface area contributed by atoms with Crippen LogP contribution >= 0.6 is 0 Å². The fraction of sp³-hybridized carbons (Fsp3) is 0.160. The van der Waals surface area contributed by atoms with E-state index < -0.39 is 11.7 Å². The maximum atomic E-state index is 14.2. The molecule has 0 spiro atoms. The van der Waals surface area contributed by atoms with Crippen LogP contribution in [-0.2, 0) is 6.61 Å². The van der Waals surface area contributed by atoms with Gasteiger partial charge in [-0.2, -0.15) is 0 Å². The molecule has 0 radical (unpaired) electrons. The SMILES string of the molecule is COc1ccc(OC)c(/N=c2\oc3c(C)ncc(CO)c3cc2C(=O)Nc2ccccc2F)c1. The van der Waals surface area contributed by atoms with Crippen molar-refractivity contribution in [3.05, 3.63) is 82.9 Å². The predicted octanol–water partition coefficient (Wildman–Crippen LogP) is 4.27. The quantitative estimate of drug-likeness (QED) is 0.442. The third kappa shape index (κ3) is 4.46. The number of rotatable bonds is 6. The zero-order chi connectivity index (χ0) is 24.2. The number of pyridine rings is 1. The van der Waals surface area contributed by atoms with E-state index in [1.165, 1.54) is 38.6 Å². The van der Waals surface area contributed by atoms with E-state index in [1.807, 2.05) is 0 Å². The topological polar surface area (TPSA) is 106 Å². The highest BCUT2D eigenvalue weighted by molar-refractivity contribution is 6.05. The van der Waals surface area contributed by atoms with Gasteiger partial charge in [0.05, 0.1) is 32.2 Å². The van der Waals surface area contributed by atoms with E-state index in [-0.39, 0.29) is 23.4 Å². The Hall–Kier alpha value is -4.24. The van der Waals surface area contributed by atoms with E-state index in [2.05, 4.69) is 15.3 Å². The molecule has 4 aromatic rings. The number of nitrogens with one attached hydrogen (secondary N) is 1. The number of hydrogen-bond donors (Lipinski definition) is 2. The van der Waals surface area contributed by atoms with E-state index >= 15 is 0 Å². The summed E-state index contributed by atoms with van der Waals surface area (Å²) in [4.78, 5) is 22.0. The lowest BCUT2D eigenvalue weighted by Crippen LogP contribution is -2.22. The Morgan fingerprint density at radius 3 is 2.68 bits per heavy atom. The Morgan fingerprint density at radius 1 is 1.18 bits per heavy atom. The van der Waals surface area contributed by atoms with Gasteiger partial charge in [-0.25, -0.2) is 9.38 Å². The van der Waals surface area contributed by atoms with Crippen molar-refractivity contribution in [2.45, 2.75) is 13.5 Å². The van der Waals surface area contributed by atoms with Gasteiger partial charge in [0.2, 0.25) is 5.55 Å². The third-order valence-electron chi connectivity index (χ3n) is 5.20. The summed E-state index contributed by atoms with van der Waals surface area (Å²) in [7, 11) is 3.01. The number of amides is 1. The number of carbonyl (C=O) groups excluding carboxylic acids is 1. The van der Waals surface area contributed by atoms with Crippen molar-refractivity contribution in [2.75, 3.05) is 19.5 Å². The normalized spacial score (nSPS) is 11.5. The first-order valence-corrected chi connectivity index (χ1v) is 10.3. The van der Waals surface area contributed by atoms with Crippen molar-refractivity contribution >= 4 is 28.3 Å². The highest BCUT2D eigenvalue weighted by Crippen LogP contribution is 2.31. The fourth-order valence-corrected chi connectivity index (χ4v) is 3.41. The zero-order valence-corrected chi connectivity index (χ0v) is 18.8. The minimum atomic E-state index is -0.644. The second-order valence-corrected chi connectivity index (χ2v) is 7.32. The van der Waals surface area contributed by atoms with Crippen molar-refractivity contribution < 1.29 is 28.2 Å². The summed E-state index contributed by atoms with van der Waals surface area (Å²) < 4.78 is 30.9. The standard InChI is InChI=1S/C25H22FN3O5/c1-14-23-17(15(13-30)12-27-14)11-18(24(31)28-20-7-5-4-6-19(20)26)25(34-23)29-21-10-16(32-2)8-9-22(21)33-3/h4-12,30H,13H2,1-3H3,(H,28,31)/b29-25-. The molecule has 174 valence electrons. The van der Waals surface area contributed by atoms with Gasteiger partial charge in [-0.15, -0.1) is 0 Å². The van der Waals surface area contributed by atoms with Crippen LogP contribution < -0.4 is 20.3 Å². The maximum Gasteiger partial charge on any atom is 0.261 e. The maximum absolute atomic E-state index is 14.2. The highest BCUT2D eigenvalue weighted by Gasteiger charge is 2.18. The molecule has 0 saturated carbocycles. The van der Waals surface area contributed by atoms with Crippen LogP contribution in [0.2, 0.25) is 0 Å². The molecular weight excluding hydrogens is 441 g/mol. The van der Waals surface area contributed by atoms with Crippen LogP contribution in [0.15, 0.2) is 64.1 Å². The van der Waals surface area contributed by atoms with Gasteiger partial charge in [-0.1, -0.05) is 12.1 Å². The van der Waals surface area contributed by atoms with Crippen molar-refractivity contribution in [1.82, 2.24) is 4.98 Å². The first-order valence-electron chi connectivity index (χ1n) is 10.3. The monoisotopic (exact) mass is 463 g/mol. The van der Waals surface area contributed by atoms with E-state index in [4.69, 9.17) is 13.9 Å². The molecule has 0 bridgehead atoms. The fourth-order valence-electron chi connectivity index (χ4n) is 3.41. The summed E-state index contributed by atoms with van der Waals surface area (Å²) in [6.07, 6.45) is 1.51. The lowest BCUT2D eigenvalue weighted by atomic mass is 10.1. The van der Waals surface area contributed by atoms with Gasteiger partial charge in [0.25, 0.3) is 5.91 Å². The molecule has 2 N–H and O–H groups in total. The van der Waals surface area contributed by atoms with E-state index in [9.17, 15) is 14.3 Å². The van der Waals surface area contributed by atoms with Crippen LogP contribution in [0.3, 0.4) is 0 Å². The molecule has 0 aliphatic carbocycles. The van der Waals surface area contributed by atoms with Crippen LogP contribution in [0.5, 0.6) is 11.5 Å². The highest BCUT2D eigenvalue weighted by atomic mass is 19.1. The first kappa shape index (κ1) is 22.9. The van der Waals surface area contributed by atoms with Gasteiger partial charge in [0.15, 0.2) is 5.58 Å². The summed E-state index contributed by atoms with van der Waals surface area (Å²) in [5, 5.41) is 12.8. The van der Waals surface area contributed by atoms with Gasteiger partial charge in [0, 0.05) is 23.2 Å². The molecule has 9 heteroatoms. The molecular formula is C25H22FN3O5. The van der Waals surface area contributed by atoms with Crippen LogP contribution in [-0.4, -0.2) is 30.2 Å². The summed E-state index contributed by atoms with van der Waals surface area (Å²) in [5.41, 5.74) is 1.71. The van der Waals surface area contributed by atoms with Gasteiger partial charge in [-0.05, 0) is 37.3 Å². The molecule has 1 amide bonds. The summed E-state index contributed by atoms with van der Waals surface area (Å²) in [6.45, 7) is 1.43. The third-order valence-corrected chi connectivity index (χ3v) is 5.20. The Bertz CT molecular complexity index is 1450. The second kappa shape index (κ2) is 9.72. The van der Waals surface area contributed by atoms with Gasteiger partial charge < -0.3 is 24.3 Å². The largest absolute Gasteiger partial charge is 0.497 e. The smallest absolute Gasteiger partial charge is 0.261 e. The number of aromatic nitrogens is 1. The average Bonchev–Trinajstić information content (AvgIpc) is 2.85. The Labute approximate surface area is 194 Å². The lowest BCUT2D eigenvalue weighted by molar-refractivity contribution is 0.102. The number of carbonyl (C=O) groups is 1. The number of ether oxygens (including phenoxy) is 2. The first-order chi connectivity index (χ1) is 16.4. The Morgan fingerprint density at radius 2 is 1.97 bits per heavy atom. The lowest BCUT2D eigenvalue weighted by Gasteiger charge is -2.11. The molecule has 4 rings (SSSR count). The number of aliphatic hydroxyl groups excluding tert-OH is 1. The summed E-state index contributed by atoms with van der Waals surface area (Å²) in [6, 6.07) is 12.4. The molecule has 0 atom stereocenters. The Balaban J connectivity index is 1.98. The molecule has 0 saturated heterocycles. The molecule has 2 heterocycles. The number of hydrogen-bond acceptors (Lipinski definition) is 7. The van der Waals surface area contributed by atoms with Crippen molar-refractivity contribution in [1.29, 1.82) is 0 Å². The van der Waals surface area contributed by atoms with Gasteiger partial charge in [0.1, 0.15) is 28.6 Å². The van der Waals surface area contributed by atoms with Crippen LogP contribution in [0.4, 0.5) is 15.8 Å². The molecule has 8 nitrogen and oxygen atoms in total. The van der Waals surface area contributed by atoms with E-state index in [0.717, 1.165) is 0 Å². The average molecular weight is 463 g/mol. The number of para-hydroxylation sites is 1. The predicted molar refractivity (Wildman–Crippen MR) is 124 cm³/mol. The molecule has 0 aliphatic heterocycles. The van der Waals surface area contributed by atoms with E-state index in [0.29, 0.717) is 39.4 Å². The molecule has 2 aromatic carbocycles. The molecule has 0 unspecified atom stereocenters. The number of nitrogens with zero attached hydrogens (tertiary/aromatic N) is 2. The van der Waals surface area contributed by atoms with Gasteiger partial charge >= 0.3 is 0 Å². The van der Waals surface area contributed by atoms with E-state index in [1.54, 1.807) is 37.3 Å². The summed E-state index contributed by atoms with van der Waals surface area (Å²) >= 11 is 0. The zero-order valence-electron chi connectivity index (χ0n) is 18.8. The second-order valence-electron chi connectivity index (χ2n) is 7.32. The van der Waals surface area contributed by atoms with Gasteiger partial charge in [-0.3, -0.25) is 9.78 Å². The van der Waals surface area contributed by atoms with Crippen LogP contribution in [0.1, 0.15) is 21.6 Å². The minimum Gasteiger partial charge on any atom is -0.497 e. The Kier molecular flexibility index (Phi) is 6.55. The number of anilines is 1. The number of fused-ring (bicyclic) bond motifs is 1.